The first kappa shape index (κ1) is 23.7. The van der Waals surface area contributed by atoms with Crippen molar-refractivity contribution in [3.8, 4) is 5.75 Å². The van der Waals surface area contributed by atoms with E-state index in [0.29, 0.717) is 12.2 Å². The molecule has 1 aliphatic heterocycles. The minimum atomic E-state index is -0.898. The van der Waals surface area contributed by atoms with Crippen LogP contribution in [0.4, 0.5) is 0 Å². The maximum absolute atomic E-state index is 11.2. The lowest BCUT2D eigenvalue weighted by Crippen LogP contribution is -2.02. The van der Waals surface area contributed by atoms with Crippen LogP contribution in [0.25, 0.3) is 0 Å². The lowest BCUT2D eigenvalue weighted by molar-refractivity contribution is 0.0696. The van der Waals surface area contributed by atoms with Gasteiger partial charge in [-0.15, -0.1) is 0 Å². The summed E-state index contributed by atoms with van der Waals surface area (Å²) < 4.78 is 5.90. The van der Waals surface area contributed by atoms with E-state index < -0.39 is 5.97 Å². The molecule has 162 valence electrons. The number of aromatic carboxylic acids is 1. The Bertz CT molecular complexity index is 849. The smallest absolute Gasteiger partial charge is 0.335 e. The molecule has 3 nitrogen and oxygen atoms in total. The van der Waals surface area contributed by atoms with Crippen molar-refractivity contribution in [1.82, 2.24) is 0 Å². The second-order valence-electron chi connectivity index (χ2n) is 8.48. The summed E-state index contributed by atoms with van der Waals surface area (Å²) in [6, 6.07) is 5.10. The summed E-state index contributed by atoms with van der Waals surface area (Å²) in [4.78, 5) is 11.2. The highest BCUT2D eigenvalue weighted by Gasteiger charge is 2.12. The number of hydrogen-bond acceptors (Lipinski definition) is 2. The topological polar surface area (TPSA) is 46.5 Å². The summed E-state index contributed by atoms with van der Waals surface area (Å²) in [5, 5.41) is 9.16. The number of allylic oxidation sites excluding steroid dienone is 7. The van der Waals surface area contributed by atoms with Crippen molar-refractivity contribution in [2.45, 2.75) is 72.6 Å². The molecule has 0 atom stereocenters. The van der Waals surface area contributed by atoms with Gasteiger partial charge in [0.1, 0.15) is 12.4 Å². The minimum Gasteiger partial charge on any atom is -0.489 e. The van der Waals surface area contributed by atoms with Gasteiger partial charge in [0.25, 0.3) is 0 Å². The molecule has 2 rings (SSSR count). The van der Waals surface area contributed by atoms with Gasteiger partial charge in [-0.3, -0.25) is 0 Å². The summed E-state index contributed by atoms with van der Waals surface area (Å²) in [5.41, 5.74) is 6.85. The molecule has 0 amide bonds. The van der Waals surface area contributed by atoms with Crippen LogP contribution in [-0.4, -0.2) is 17.7 Å². The van der Waals surface area contributed by atoms with Crippen LogP contribution in [0, 0.1) is 0 Å². The van der Waals surface area contributed by atoms with E-state index in [9.17, 15) is 4.79 Å². The van der Waals surface area contributed by atoms with Crippen LogP contribution in [0.15, 0.2) is 64.8 Å². The van der Waals surface area contributed by atoms with Gasteiger partial charge in [-0.25, -0.2) is 4.79 Å². The van der Waals surface area contributed by atoms with Gasteiger partial charge in [-0.05, 0) is 102 Å². The molecule has 1 aromatic carbocycles. The fraction of sp³-hybridized carbons (Fsp3) is 0.444. The van der Waals surface area contributed by atoms with Crippen molar-refractivity contribution in [1.29, 1.82) is 0 Å². The molecule has 0 fully saturated rings. The van der Waals surface area contributed by atoms with Crippen molar-refractivity contribution in [2.24, 2.45) is 0 Å². The van der Waals surface area contributed by atoms with Crippen molar-refractivity contribution >= 4 is 5.97 Å². The second kappa shape index (κ2) is 12.2. The molecule has 0 saturated carbocycles. The van der Waals surface area contributed by atoms with E-state index in [4.69, 9.17) is 9.84 Å². The Labute approximate surface area is 181 Å². The quantitative estimate of drug-likeness (QED) is 0.409. The monoisotopic (exact) mass is 408 g/mol. The molecule has 0 bridgehead atoms. The molecule has 3 heteroatoms. The highest BCUT2D eigenvalue weighted by molar-refractivity contribution is 5.88. The number of fused-ring (bicyclic) bond motifs is 1. The van der Waals surface area contributed by atoms with Gasteiger partial charge >= 0.3 is 5.97 Å². The predicted molar refractivity (Wildman–Crippen MR) is 125 cm³/mol. The van der Waals surface area contributed by atoms with Gasteiger partial charge in [0.05, 0.1) is 5.56 Å². The van der Waals surface area contributed by atoms with Gasteiger partial charge < -0.3 is 9.84 Å². The first-order chi connectivity index (χ1) is 14.3. The molecule has 0 aliphatic carbocycles. The number of rotatable bonds is 10. The molecule has 0 unspecified atom stereocenters. The van der Waals surface area contributed by atoms with Crippen molar-refractivity contribution < 1.29 is 14.6 Å². The van der Waals surface area contributed by atoms with E-state index in [-0.39, 0.29) is 0 Å². The number of benzene rings is 1. The zero-order valence-corrected chi connectivity index (χ0v) is 19.0. The van der Waals surface area contributed by atoms with E-state index in [1.54, 1.807) is 18.2 Å². The summed E-state index contributed by atoms with van der Waals surface area (Å²) in [6.45, 7) is 9.33. The Morgan fingerprint density at radius 2 is 1.67 bits per heavy atom. The number of carbonyl (C=O) groups is 1. The van der Waals surface area contributed by atoms with Gasteiger partial charge in [0, 0.05) is 0 Å². The van der Waals surface area contributed by atoms with Crippen LogP contribution in [-0.2, 0) is 6.42 Å². The lowest BCUT2D eigenvalue weighted by atomic mass is 10.0. The summed E-state index contributed by atoms with van der Waals surface area (Å²) in [6.07, 6.45) is 16.4. The molecule has 0 aromatic heterocycles. The van der Waals surface area contributed by atoms with Crippen LogP contribution in [0.2, 0.25) is 0 Å². The predicted octanol–water partition coefficient (Wildman–Crippen LogP) is 7.45. The molecule has 0 radical (unpaired) electrons. The average Bonchev–Trinajstić information content (AvgIpc) is 2.89. The molecule has 0 spiro atoms. The molecule has 1 aromatic rings. The van der Waals surface area contributed by atoms with Gasteiger partial charge in [-0.1, -0.05) is 41.0 Å². The molecule has 1 heterocycles. The normalized spacial score (nSPS) is 14.3. The minimum absolute atomic E-state index is 0.314. The van der Waals surface area contributed by atoms with Crippen LogP contribution in [0.1, 0.15) is 82.1 Å². The maximum atomic E-state index is 11.2. The Hall–Kier alpha value is -2.55. The van der Waals surface area contributed by atoms with Crippen LogP contribution in [0.3, 0.4) is 0 Å². The van der Waals surface area contributed by atoms with Crippen molar-refractivity contribution in [3.05, 3.63) is 75.9 Å². The Balaban J connectivity index is 1.76. The number of carboxylic acids is 1. The van der Waals surface area contributed by atoms with Crippen LogP contribution < -0.4 is 4.74 Å². The van der Waals surface area contributed by atoms with Crippen LogP contribution >= 0.6 is 0 Å². The maximum Gasteiger partial charge on any atom is 0.335 e. The van der Waals surface area contributed by atoms with Crippen molar-refractivity contribution in [3.63, 3.8) is 0 Å². The van der Waals surface area contributed by atoms with E-state index in [1.807, 2.05) is 0 Å². The largest absolute Gasteiger partial charge is 0.489 e. The van der Waals surface area contributed by atoms with E-state index in [0.717, 1.165) is 56.3 Å². The van der Waals surface area contributed by atoms with E-state index in [2.05, 4.69) is 52.0 Å². The van der Waals surface area contributed by atoms with Gasteiger partial charge in [0.15, 0.2) is 0 Å². The van der Waals surface area contributed by atoms with E-state index >= 15 is 0 Å². The highest BCUT2D eigenvalue weighted by atomic mass is 16.5. The first-order valence-electron chi connectivity index (χ1n) is 11.0. The van der Waals surface area contributed by atoms with Gasteiger partial charge in [-0.2, -0.15) is 0 Å². The third-order valence-electron chi connectivity index (χ3n) is 5.41. The average molecular weight is 409 g/mol. The lowest BCUT2D eigenvalue weighted by Gasteiger charge is -2.09. The Kier molecular flexibility index (Phi) is 9.66. The summed E-state index contributed by atoms with van der Waals surface area (Å²) in [5.74, 6) is -0.102. The molecule has 1 aliphatic rings. The fourth-order valence-corrected chi connectivity index (χ4v) is 3.51. The van der Waals surface area contributed by atoms with Crippen molar-refractivity contribution in [2.75, 3.05) is 6.61 Å². The molecule has 30 heavy (non-hydrogen) atoms. The second-order valence-corrected chi connectivity index (χ2v) is 8.48. The number of carboxylic acid groups (broad SMARTS) is 1. The SMILES string of the molecule is CC(C)=CCC/C(C)=C/CC/C(C)=C/CCC1=CCc2cc(C(=O)O)ccc2OC1. The van der Waals surface area contributed by atoms with E-state index in [1.165, 1.54) is 22.3 Å². The molecule has 1 N–H and O–H groups in total. The van der Waals surface area contributed by atoms with Gasteiger partial charge in [0.2, 0.25) is 0 Å². The third kappa shape index (κ3) is 8.44. The zero-order chi connectivity index (χ0) is 21.9. The molecule has 0 saturated heterocycles. The van der Waals surface area contributed by atoms with Crippen LogP contribution in [0.5, 0.6) is 5.75 Å². The Morgan fingerprint density at radius 1 is 1.00 bits per heavy atom. The molecular formula is C27H36O3. The fourth-order valence-electron chi connectivity index (χ4n) is 3.51. The molecular weight excluding hydrogens is 372 g/mol. The highest BCUT2D eigenvalue weighted by Crippen LogP contribution is 2.26. The third-order valence-corrected chi connectivity index (χ3v) is 5.41. The first-order valence-corrected chi connectivity index (χ1v) is 11.0. The number of hydrogen-bond donors (Lipinski definition) is 1. The summed E-state index contributed by atoms with van der Waals surface area (Å²) in [7, 11) is 0. The summed E-state index contributed by atoms with van der Waals surface area (Å²) >= 11 is 0. The Morgan fingerprint density at radius 3 is 2.33 bits per heavy atom. The zero-order valence-electron chi connectivity index (χ0n) is 19.0. The standard InChI is InChI=1S/C27H36O3/c1-20(2)8-5-9-21(3)10-6-11-22(4)12-7-13-23-14-15-24-18-25(27(28)29)16-17-26(24)30-19-23/h8,10,12,14,16-18H,5-7,9,11,13,15,19H2,1-4H3,(H,28,29)/b21-10+,22-12+. The number of ether oxygens (including phenoxy) is 1.